The van der Waals surface area contributed by atoms with Crippen LogP contribution in [0, 0.1) is 0 Å². The number of alkyl halides is 1. The molecule has 2 aliphatic heterocycles. The third-order valence-corrected chi connectivity index (χ3v) is 5.82. The molecule has 1 fully saturated rings. The number of hydrogen-bond acceptors (Lipinski definition) is 4. The lowest BCUT2D eigenvalue weighted by Gasteiger charge is -2.40. The summed E-state index contributed by atoms with van der Waals surface area (Å²) < 4.78 is 24.8. The van der Waals surface area contributed by atoms with Gasteiger partial charge in [0.1, 0.15) is 25.1 Å². The van der Waals surface area contributed by atoms with Crippen LogP contribution in [0.2, 0.25) is 0 Å². The fourth-order valence-corrected chi connectivity index (χ4v) is 4.26. The number of benzene rings is 1. The highest BCUT2D eigenvalue weighted by Gasteiger charge is 2.37. The minimum atomic E-state index is -0.455. The Kier molecular flexibility index (Phi) is 4.87. The average Bonchev–Trinajstić information content (AvgIpc) is 3.46. The number of anilines is 1. The van der Waals surface area contributed by atoms with Crippen LogP contribution in [0.5, 0.6) is 5.75 Å². The molecular weight excluding hydrogens is 319 g/mol. The molecule has 0 bridgehead atoms. The minimum absolute atomic E-state index is 0.233. The molecule has 0 aromatic heterocycles. The Balaban J connectivity index is 1.80. The highest BCUT2D eigenvalue weighted by molar-refractivity contribution is 5.72. The van der Waals surface area contributed by atoms with Crippen LogP contribution in [-0.2, 0) is 17.6 Å². The van der Waals surface area contributed by atoms with Crippen molar-refractivity contribution in [2.75, 3.05) is 44.9 Å². The van der Waals surface area contributed by atoms with Gasteiger partial charge in [-0.15, -0.1) is 0 Å². The summed E-state index contributed by atoms with van der Waals surface area (Å²) in [5.41, 5.74) is 5.66. The molecular formula is C20H29FN2O2. The molecule has 138 valence electrons. The van der Waals surface area contributed by atoms with Gasteiger partial charge in [-0.25, -0.2) is 4.39 Å². The molecule has 0 saturated heterocycles. The molecule has 3 aliphatic rings. The van der Waals surface area contributed by atoms with Crippen LogP contribution in [0.1, 0.15) is 42.4 Å². The van der Waals surface area contributed by atoms with E-state index in [0.29, 0.717) is 19.1 Å². The molecule has 0 amide bonds. The van der Waals surface area contributed by atoms with E-state index < -0.39 is 6.67 Å². The van der Waals surface area contributed by atoms with E-state index >= 15 is 0 Å². The Morgan fingerprint density at radius 2 is 2.16 bits per heavy atom. The molecule has 0 spiro atoms. The zero-order chi connectivity index (χ0) is 17.4. The number of hydrogen-bond donors (Lipinski definition) is 1. The summed E-state index contributed by atoms with van der Waals surface area (Å²) in [5, 5.41) is 3.52. The number of nitrogens with zero attached hydrogens (tertiary/aromatic N) is 1. The Labute approximate surface area is 149 Å². The normalized spacial score (nSPS) is 24.1. The molecule has 0 radical (unpaired) electrons. The highest BCUT2D eigenvalue weighted by atomic mass is 19.1. The molecule has 1 saturated carbocycles. The van der Waals surface area contributed by atoms with Gasteiger partial charge in [-0.05, 0) is 74.4 Å². The predicted octanol–water partition coefficient (Wildman–Crippen LogP) is 2.82. The number of rotatable bonds is 5. The maximum Gasteiger partial charge on any atom is 0.143 e. The van der Waals surface area contributed by atoms with Crippen LogP contribution in [0.15, 0.2) is 6.07 Å². The van der Waals surface area contributed by atoms with Gasteiger partial charge in [-0.1, -0.05) is 0 Å². The fraction of sp³-hybridized carbons (Fsp3) is 0.700. The first-order chi connectivity index (χ1) is 12.2. The van der Waals surface area contributed by atoms with Gasteiger partial charge in [0, 0.05) is 13.7 Å². The highest BCUT2D eigenvalue weighted by Crippen LogP contribution is 2.52. The molecule has 1 aromatic rings. The number of fused-ring (bicyclic) bond motifs is 2. The monoisotopic (exact) mass is 348 g/mol. The summed E-state index contributed by atoms with van der Waals surface area (Å²) in [4.78, 5) is 2.35. The van der Waals surface area contributed by atoms with E-state index in [2.05, 4.69) is 23.2 Å². The molecule has 1 aliphatic carbocycles. The second kappa shape index (κ2) is 7.12. The third kappa shape index (κ3) is 3.24. The van der Waals surface area contributed by atoms with E-state index in [1.165, 1.54) is 35.2 Å². The van der Waals surface area contributed by atoms with Gasteiger partial charge in [0.15, 0.2) is 0 Å². The smallest absolute Gasteiger partial charge is 0.143 e. The number of ether oxygens (including phenoxy) is 2. The van der Waals surface area contributed by atoms with E-state index in [4.69, 9.17) is 9.47 Å². The standard InChI is InChI=1S/C20H29FN2O2/c1-13-12-25-18-9-15-5-7-22-8-6-17(15)19(14-3-4-14)20(18)23(13)11-16(10-21)24-2/h9,13-14,16,22H,3-8,10-12H2,1-2H3/t13-,16-/m1/s1. The van der Waals surface area contributed by atoms with E-state index in [9.17, 15) is 4.39 Å². The fourth-order valence-electron chi connectivity index (χ4n) is 4.26. The van der Waals surface area contributed by atoms with Crippen molar-refractivity contribution in [2.45, 2.75) is 50.7 Å². The molecule has 4 nitrogen and oxygen atoms in total. The second-order valence-electron chi connectivity index (χ2n) is 7.62. The first-order valence-electron chi connectivity index (χ1n) is 9.60. The van der Waals surface area contributed by atoms with E-state index in [1.807, 2.05) is 0 Å². The van der Waals surface area contributed by atoms with Gasteiger partial charge < -0.3 is 19.7 Å². The summed E-state index contributed by atoms with van der Waals surface area (Å²) in [6.07, 6.45) is 4.27. The average molecular weight is 348 g/mol. The van der Waals surface area contributed by atoms with E-state index in [-0.39, 0.29) is 12.1 Å². The lowest BCUT2D eigenvalue weighted by Crippen LogP contribution is -2.46. The minimum Gasteiger partial charge on any atom is -0.489 e. The predicted molar refractivity (Wildman–Crippen MR) is 97.8 cm³/mol. The van der Waals surface area contributed by atoms with Crippen LogP contribution in [0.25, 0.3) is 0 Å². The Morgan fingerprint density at radius 3 is 2.88 bits per heavy atom. The van der Waals surface area contributed by atoms with Crippen LogP contribution in [0.4, 0.5) is 10.1 Å². The zero-order valence-electron chi connectivity index (χ0n) is 15.3. The quantitative estimate of drug-likeness (QED) is 0.887. The Bertz CT molecular complexity index is 629. The van der Waals surface area contributed by atoms with Crippen molar-refractivity contribution in [2.24, 2.45) is 0 Å². The molecule has 2 atom stereocenters. The summed E-state index contributed by atoms with van der Waals surface area (Å²) in [5.74, 6) is 1.64. The molecule has 2 heterocycles. The first kappa shape index (κ1) is 17.1. The van der Waals surface area contributed by atoms with Crippen molar-refractivity contribution in [3.63, 3.8) is 0 Å². The van der Waals surface area contributed by atoms with Crippen LogP contribution in [-0.4, -0.2) is 52.2 Å². The SMILES string of the molecule is CO[C@H](CF)CN1c2c(cc3c(c2C2CC2)CCNCC3)OC[C@H]1C. The zero-order valence-corrected chi connectivity index (χ0v) is 15.3. The van der Waals surface area contributed by atoms with Crippen LogP contribution < -0.4 is 15.0 Å². The van der Waals surface area contributed by atoms with Crippen molar-refractivity contribution in [1.29, 1.82) is 0 Å². The maximum absolute atomic E-state index is 13.3. The summed E-state index contributed by atoms with van der Waals surface area (Å²) in [7, 11) is 1.60. The molecule has 5 heteroatoms. The van der Waals surface area contributed by atoms with Crippen LogP contribution in [0.3, 0.4) is 0 Å². The van der Waals surface area contributed by atoms with Crippen molar-refractivity contribution in [3.05, 3.63) is 22.8 Å². The summed E-state index contributed by atoms with van der Waals surface area (Å²) >= 11 is 0. The molecule has 0 unspecified atom stereocenters. The second-order valence-corrected chi connectivity index (χ2v) is 7.62. The molecule has 4 rings (SSSR count). The van der Waals surface area contributed by atoms with Crippen molar-refractivity contribution in [1.82, 2.24) is 5.32 Å². The first-order valence-corrected chi connectivity index (χ1v) is 9.60. The lowest BCUT2D eigenvalue weighted by atomic mass is 9.90. The lowest BCUT2D eigenvalue weighted by molar-refractivity contribution is 0.0807. The van der Waals surface area contributed by atoms with Crippen LogP contribution >= 0.6 is 0 Å². The Morgan fingerprint density at radius 1 is 1.36 bits per heavy atom. The topological polar surface area (TPSA) is 33.7 Å². The number of methoxy groups -OCH3 is 1. The molecule has 1 aromatic carbocycles. The maximum atomic E-state index is 13.3. The third-order valence-electron chi connectivity index (χ3n) is 5.82. The summed E-state index contributed by atoms with van der Waals surface area (Å²) in [6.45, 7) is 5.01. The number of halogens is 1. The van der Waals surface area contributed by atoms with E-state index in [0.717, 1.165) is 31.7 Å². The Hall–Kier alpha value is -1.33. The van der Waals surface area contributed by atoms with E-state index in [1.54, 1.807) is 7.11 Å². The molecule has 25 heavy (non-hydrogen) atoms. The largest absolute Gasteiger partial charge is 0.489 e. The van der Waals surface area contributed by atoms with Gasteiger partial charge in [0.05, 0.1) is 11.7 Å². The summed E-state index contributed by atoms with van der Waals surface area (Å²) in [6, 6.07) is 2.48. The van der Waals surface area contributed by atoms with Crippen molar-refractivity contribution < 1.29 is 13.9 Å². The van der Waals surface area contributed by atoms with Gasteiger partial charge in [-0.2, -0.15) is 0 Å². The van der Waals surface area contributed by atoms with Gasteiger partial charge in [0.25, 0.3) is 0 Å². The molecule has 1 N–H and O–H groups in total. The van der Waals surface area contributed by atoms with Crippen molar-refractivity contribution in [3.8, 4) is 5.75 Å². The van der Waals surface area contributed by atoms with Gasteiger partial charge in [-0.3, -0.25) is 0 Å². The van der Waals surface area contributed by atoms with Crippen molar-refractivity contribution >= 4 is 5.69 Å². The van der Waals surface area contributed by atoms with Gasteiger partial charge >= 0.3 is 0 Å². The number of nitrogens with one attached hydrogen (secondary N) is 1. The van der Waals surface area contributed by atoms with Gasteiger partial charge in [0.2, 0.25) is 0 Å².